The summed E-state index contributed by atoms with van der Waals surface area (Å²) < 4.78 is 35.9. The van der Waals surface area contributed by atoms with Crippen molar-refractivity contribution >= 4 is 5.91 Å². The lowest BCUT2D eigenvalue weighted by Gasteiger charge is -2.31. The van der Waals surface area contributed by atoms with Crippen molar-refractivity contribution in [3.63, 3.8) is 0 Å². The molecule has 0 aromatic heterocycles. The number of hydrogen-bond donors (Lipinski definition) is 1. The molecule has 0 saturated heterocycles. The summed E-state index contributed by atoms with van der Waals surface area (Å²) in [6.45, 7) is 4.32. The summed E-state index contributed by atoms with van der Waals surface area (Å²) in [5.41, 5.74) is 0. The Kier molecular flexibility index (Phi) is 4.83. The van der Waals surface area contributed by atoms with Gasteiger partial charge in [-0.15, -0.1) is 0 Å². The van der Waals surface area contributed by atoms with Gasteiger partial charge in [0.25, 0.3) is 0 Å². The average molecular weight is 251 g/mol. The molecule has 0 unspecified atom stereocenters. The molecule has 0 aromatic rings. The average Bonchev–Trinajstić information content (AvgIpc) is 2.15. The first kappa shape index (κ1) is 14.3. The van der Waals surface area contributed by atoms with Crippen LogP contribution in [0, 0.1) is 11.8 Å². The first-order chi connectivity index (χ1) is 7.78. The Morgan fingerprint density at radius 3 is 2.18 bits per heavy atom. The zero-order valence-corrected chi connectivity index (χ0v) is 10.3. The van der Waals surface area contributed by atoms with Crippen molar-refractivity contribution in [2.75, 3.05) is 0 Å². The Labute approximate surface area is 100.0 Å². The molecule has 1 aliphatic rings. The zero-order valence-electron chi connectivity index (χ0n) is 10.3. The maximum atomic E-state index is 12.0. The van der Waals surface area contributed by atoms with Crippen LogP contribution in [0.25, 0.3) is 0 Å². The molecule has 5 heteroatoms. The van der Waals surface area contributed by atoms with Gasteiger partial charge in [0.1, 0.15) is 6.42 Å². The van der Waals surface area contributed by atoms with Gasteiger partial charge in [-0.1, -0.05) is 13.8 Å². The summed E-state index contributed by atoms with van der Waals surface area (Å²) in [4.78, 5) is 11.1. The number of nitrogens with one attached hydrogen (secondary N) is 1. The number of carbonyl (C=O) groups is 1. The predicted molar refractivity (Wildman–Crippen MR) is 59.4 cm³/mol. The summed E-state index contributed by atoms with van der Waals surface area (Å²) >= 11 is 0. The molecule has 1 fully saturated rings. The van der Waals surface area contributed by atoms with Gasteiger partial charge in [0.2, 0.25) is 5.91 Å². The lowest BCUT2D eigenvalue weighted by Crippen LogP contribution is -2.39. The SMILES string of the molecule is CC(C)[C@H]1CC[C@@H](NC(=O)CC(F)(F)F)CC1. The lowest BCUT2D eigenvalue weighted by molar-refractivity contribution is -0.154. The predicted octanol–water partition coefficient (Wildman–Crippen LogP) is 3.27. The first-order valence-corrected chi connectivity index (χ1v) is 6.14. The van der Waals surface area contributed by atoms with E-state index in [1.165, 1.54) is 0 Å². The Morgan fingerprint density at radius 2 is 1.76 bits per heavy atom. The molecule has 1 rings (SSSR count). The Morgan fingerprint density at radius 1 is 1.24 bits per heavy atom. The lowest BCUT2D eigenvalue weighted by atomic mass is 9.80. The van der Waals surface area contributed by atoms with Crippen molar-refractivity contribution in [3.8, 4) is 0 Å². The molecule has 2 nitrogen and oxygen atoms in total. The number of alkyl halides is 3. The minimum absolute atomic E-state index is 0.0696. The minimum atomic E-state index is -4.40. The van der Waals surface area contributed by atoms with E-state index in [0.717, 1.165) is 25.7 Å². The third-order valence-electron chi connectivity index (χ3n) is 3.44. The standard InChI is InChI=1S/C12H20F3NO/c1-8(2)9-3-5-10(6-4-9)16-11(17)7-12(13,14)15/h8-10H,3-7H2,1-2H3,(H,16,17)/t9-,10+. The van der Waals surface area contributed by atoms with Gasteiger partial charge in [-0.05, 0) is 37.5 Å². The molecule has 1 saturated carbocycles. The van der Waals surface area contributed by atoms with Crippen molar-refractivity contribution in [1.82, 2.24) is 5.32 Å². The molecular formula is C12H20F3NO. The first-order valence-electron chi connectivity index (χ1n) is 6.14. The van der Waals surface area contributed by atoms with Gasteiger partial charge >= 0.3 is 6.18 Å². The van der Waals surface area contributed by atoms with E-state index in [-0.39, 0.29) is 6.04 Å². The van der Waals surface area contributed by atoms with E-state index >= 15 is 0 Å². The summed E-state index contributed by atoms with van der Waals surface area (Å²) in [5, 5.41) is 2.48. The summed E-state index contributed by atoms with van der Waals surface area (Å²) in [7, 11) is 0. The Bertz CT molecular complexity index is 255. The van der Waals surface area contributed by atoms with Crippen molar-refractivity contribution < 1.29 is 18.0 Å². The molecule has 100 valence electrons. The van der Waals surface area contributed by atoms with Crippen LogP contribution in [-0.4, -0.2) is 18.1 Å². The van der Waals surface area contributed by atoms with Crippen LogP contribution in [0.4, 0.5) is 13.2 Å². The molecule has 0 heterocycles. The second kappa shape index (κ2) is 5.74. The van der Waals surface area contributed by atoms with Crippen molar-refractivity contribution in [2.45, 2.75) is 58.2 Å². The van der Waals surface area contributed by atoms with Crippen molar-refractivity contribution in [3.05, 3.63) is 0 Å². The van der Waals surface area contributed by atoms with Crippen LogP contribution >= 0.6 is 0 Å². The maximum Gasteiger partial charge on any atom is 0.397 e. The Hall–Kier alpha value is -0.740. The van der Waals surface area contributed by atoms with Crippen molar-refractivity contribution in [1.29, 1.82) is 0 Å². The molecule has 0 spiro atoms. The molecule has 0 aliphatic heterocycles. The van der Waals surface area contributed by atoms with Crippen LogP contribution < -0.4 is 5.32 Å². The van der Waals surface area contributed by atoms with Gasteiger partial charge in [-0.2, -0.15) is 13.2 Å². The highest BCUT2D eigenvalue weighted by atomic mass is 19.4. The van der Waals surface area contributed by atoms with E-state index in [9.17, 15) is 18.0 Å². The van der Waals surface area contributed by atoms with Gasteiger partial charge in [-0.3, -0.25) is 4.79 Å². The summed E-state index contributed by atoms with van der Waals surface area (Å²) in [6, 6.07) is -0.0696. The van der Waals surface area contributed by atoms with Crippen LogP contribution in [0.15, 0.2) is 0 Å². The fraction of sp³-hybridized carbons (Fsp3) is 0.917. The third-order valence-corrected chi connectivity index (χ3v) is 3.44. The molecule has 0 radical (unpaired) electrons. The van der Waals surface area contributed by atoms with E-state index in [1.807, 2.05) is 0 Å². The van der Waals surface area contributed by atoms with Gasteiger partial charge in [0, 0.05) is 6.04 Å². The van der Waals surface area contributed by atoms with Gasteiger partial charge in [0.15, 0.2) is 0 Å². The molecule has 1 aliphatic carbocycles. The second-order valence-corrected chi connectivity index (χ2v) is 5.22. The summed E-state index contributed by atoms with van der Waals surface area (Å²) in [5.74, 6) is 0.359. The molecule has 1 N–H and O–H groups in total. The molecule has 0 atom stereocenters. The quantitative estimate of drug-likeness (QED) is 0.819. The largest absolute Gasteiger partial charge is 0.397 e. The van der Waals surface area contributed by atoms with Gasteiger partial charge in [0.05, 0.1) is 0 Å². The fourth-order valence-corrected chi connectivity index (χ4v) is 2.39. The normalized spacial score (nSPS) is 26.0. The van der Waals surface area contributed by atoms with E-state index in [4.69, 9.17) is 0 Å². The van der Waals surface area contributed by atoms with Crippen LogP contribution in [0.2, 0.25) is 0 Å². The fourth-order valence-electron chi connectivity index (χ4n) is 2.39. The zero-order chi connectivity index (χ0) is 13.1. The highest BCUT2D eigenvalue weighted by molar-refractivity contribution is 5.76. The number of amides is 1. The molecule has 17 heavy (non-hydrogen) atoms. The summed E-state index contributed by atoms with van der Waals surface area (Å²) in [6.07, 6.45) is -2.18. The highest BCUT2D eigenvalue weighted by Gasteiger charge is 2.32. The third kappa shape index (κ3) is 5.41. The number of halogens is 3. The van der Waals surface area contributed by atoms with Crippen LogP contribution in [0.3, 0.4) is 0 Å². The number of rotatable bonds is 3. The van der Waals surface area contributed by atoms with E-state index < -0.39 is 18.5 Å². The number of hydrogen-bond acceptors (Lipinski definition) is 1. The minimum Gasteiger partial charge on any atom is -0.353 e. The highest BCUT2D eigenvalue weighted by Crippen LogP contribution is 2.30. The Balaban J connectivity index is 2.29. The van der Waals surface area contributed by atoms with Crippen molar-refractivity contribution in [2.24, 2.45) is 11.8 Å². The molecule has 1 amide bonds. The second-order valence-electron chi connectivity index (χ2n) is 5.22. The molecule has 0 bridgehead atoms. The maximum absolute atomic E-state index is 12.0. The monoisotopic (exact) mass is 251 g/mol. The molecular weight excluding hydrogens is 231 g/mol. The topological polar surface area (TPSA) is 29.1 Å². The van der Waals surface area contributed by atoms with Gasteiger partial charge < -0.3 is 5.32 Å². The van der Waals surface area contributed by atoms with E-state index in [2.05, 4.69) is 19.2 Å². The van der Waals surface area contributed by atoms with E-state index in [1.54, 1.807) is 0 Å². The van der Waals surface area contributed by atoms with Crippen LogP contribution in [0.1, 0.15) is 46.0 Å². The van der Waals surface area contributed by atoms with Gasteiger partial charge in [-0.25, -0.2) is 0 Å². The smallest absolute Gasteiger partial charge is 0.353 e. The van der Waals surface area contributed by atoms with Crippen LogP contribution in [0.5, 0.6) is 0 Å². The van der Waals surface area contributed by atoms with E-state index in [0.29, 0.717) is 11.8 Å². The molecule has 0 aromatic carbocycles. The van der Waals surface area contributed by atoms with Crippen LogP contribution in [-0.2, 0) is 4.79 Å². The number of carbonyl (C=O) groups excluding carboxylic acids is 1.